The molecule has 114 valence electrons. The number of nitrogens with two attached hydrogens (primary N) is 1. The Morgan fingerprint density at radius 1 is 1.32 bits per heavy atom. The minimum absolute atomic E-state index is 0.0772. The quantitative estimate of drug-likeness (QED) is 0.655. The average molecular weight is 303 g/mol. The van der Waals surface area contributed by atoms with Crippen LogP contribution in [0.1, 0.15) is 21.5 Å². The summed E-state index contributed by atoms with van der Waals surface area (Å²) in [4.78, 5) is 21.6. The van der Waals surface area contributed by atoms with Crippen LogP contribution < -0.4 is 11.1 Å². The van der Waals surface area contributed by atoms with Crippen LogP contribution in [-0.4, -0.2) is 10.8 Å². The lowest BCUT2D eigenvalue weighted by atomic mass is 10.1. The van der Waals surface area contributed by atoms with Crippen LogP contribution in [0.4, 0.5) is 15.8 Å². The van der Waals surface area contributed by atoms with Crippen LogP contribution in [0.5, 0.6) is 0 Å². The molecule has 0 heterocycles. The molecule has 1 amide bonds. The van der Waals surface area contributed by atoms with Crippen molar-refractivity contribution in [2.45, 2.75) is 13.5 Å². The molecule has 0 aliphatic carbocycles. The summed E-state index contributed by atoms with van der Waals surface area (Å²) in [6, 6.07) is 8.30. The molecule has 0 saturated carbocycles. The number of nitrogens with one attached hydrogen (secondary N) is 1. The second-order valence-corrected chi connectivity index (χ2v) is 4.78. The molecule has 22 heavy (non-hydrogen) atoms. The van der Waals surface area contributed by atoms with Crippen LogP contribution in [-0.2, 0) is 6.54 Å². The highest BCUT2D eigenvalue weighted by Gasteiger charge is 2.16. The Hall–Kier alpha value is -2.96. The molecular formula is C15H14FN3O3. The number of halogens is 1. The van der Waals surface area contributed by atoms with Crippen molar-refractivity contribution in [2.24, 2.45) is 5.73 Å². The van der Waals surface area contributed by atoms with Gasteiger partial charge in [0.15, 0.2) is 0 Å². The van der Waals surface area contributed by atoms with E-state index in [0.29, 0.717) is 16.8 Å². The van der Waals surface area contributed by atoms with Gasteiger partial charge in [-0.1, -0.05) is 0 Å². The molecule has 3 N–H and O–H groups in total. The first kappa shape index (κ1) is 15.4. The predicted molar refractivity (Wildman–Crippen MR) is 80.1 cm³/mol. The van der Waals surface area contributed by atoms with E-state index >= 15 is 0 Å². The Labute approximate surface area is 125 Å². The number of hydrogen-bond acceptors (Lipinski definition) is 4. The number of carbonyl (C=O) groups excluding carboxylic acids is 1. The van der Waals surface area contributed by atoms with Crippen molar-refractivity contribution in [1.82, 2.24) is 0 Å². The summed E-state index contributed by atoms with van der Waals surface area (Å²) in [6.07, 6.45) is 0. The summed E-state index contributed by atoms with van der Waals surface area (Å²) < 4.78 is 13.0. The monoisotopic (exact) mass is 303 g/mol. The molecule has 2 rings (SSSR count). The van der Waals surface area contributed by atoms with Crippen LogP contribution in [0.2, 0.25) is 0 Å². The average Bonchev–Trinajstić information content (AvgIpc) is 2.46. The minimum atomic E-state index is -0.725. The van der Waals surface area contributed by atoms with Gasteiger partial charge in [0.25, 0.3) is 5.69 Å². The first-order valence-electron chi connectivity index (χ1n) is 6.45. The van der Waals surface area contributed by atoms with Gasteiger partial charge < -0.3 is 11.1 Å². The molecule has 2 aromatic carbocycles. The van der Waals surface area contributed by atoms with Crippen molar-refractivity contribution >= 4 is 17.3 Å². The van der Waals surface area contributed by atoms with Gasteiger partial charge in [0.1, 0.15) is 5.82 Å². The van der Waals surface area contributed by atoms with Crippen molar-refractivity contribution in [2.75, 3.05) is 5.32 Å². The van der Waals surface area contributed by atoms with E-state index in [9.17, 15) is 19.3 Å². The minimum Gasteiger partial charge on any atom is -0.380 e. The number of hydrogen-bond donors (Lipinski definition) is 2. The van der Waals surface area contributed by atoms with Crippen molar-refractivity contribution < 1.29 is 14.1 Å². The van der Waals surface area contributed by atoms with Crippen molar-refractivity contribution in [3.63, 3.8) is 0 Å². The molecule has 0 unspecified atom stereocenters. The maximum absolute atomic E-state index is 13.0. The first-order valence-corrected chi connectivity index (χ1v) is 6.45. The fourth-order valence-electron chi connectivity index (χ4n) is 2.05. The van der Waals surface area contributed by atoms with Gasteiger partial charge in [0.05, 0.1) is 4.92 Å². The number of benzene rings is 2. The molecule has 0 fully saturated rings. The maximum Gasteiger partial charge on any atom is 0.275 e. The van der Waals surface area contributed by atoms with Crippen LogP contribution in [0.25, 0.3) is 0 Å². The first-order chi connectivity index (χ1) is 10.4. The van der Waals surface area contributed by atoms with Gasteiger partial charge in [-0.15, -0.1) is 0 Å². The van der Waals surface area contributed by atoms with Gasteiger partial charge >= 0.3 is 0 Å². The molecule has 0 aliphatic heterocycles. The number of aryl methyl sites for hydroxylation is 1. The van der Waals surface area contributed by atoms with E-state index in [1.807, 2.05) is 0 Å². The molecule has 0 radical (unpaired) electrons. The molecule has 0 aromatic heterocycles. The highest BCUT2D eigenvalue weighted by Crippen LogP contribution is 2.23. The molecular weight excluding hydrogens is 289 g/mol. The summed E-state index contributed by atoms with van der Waals surface area (Å²) in [5.74, 6) is -1.07. The summed E-state index contributed by atoms with van der Waals surface area (Å²) >= 11 is 0. The Balaban J connectivity index is 2.25. The zero-order valence-electron chi connectivity index (χ0n) is 11.8. The number of amides is 1. The van der Waals surface area contributed by atoms with E-state index in [2.05, 4.69) is 5.32 Å². The molecule has 7 heteroatoms. The molecule has 0 saturated heterocycles. The van der Waals surface area contributed by atoms with Gasteiger partial charge in [0, 0.05) is 29.4 Å². The zero-order chi connectivity index (χ0) is 16.3. The lowest BCUT2D eigenvalue weighted by molar-refractivity contribution is -0.385. The number of anilines is 1. The van der Waals surface area contributed by atoms with Crippen LogP contribution in [0, 0.1) is 22.9 Å². The van der Waals surface area contributed by atoms with E-state index in [1.54, 1.807) is 13.0 Å². The summed E-state index contributed by atoms with van der Waals surface area (Å²) in [7, 11) is 0. The van der Waals surface area contributed by atoms with E-state index in [1.165, 1.54) is 24.3 Å². The Morgan fingerprint density at radius 3 is 2.64 bits per heavy atom. The van der Waals surface area contributed by atoms with E-state index in [4.69, 9.17) is 5.73 Å². The SMILES string of the molecule is Cc1cc(F)ccc1NCc1ccc(C(N)=O)cc1[N+](=O)[O-]. The number of nitrogens with zero attached hydrogens (tertiary/aromatic N) is 1. The maximum atomic E-state index is 13.0. The zero-order valence-corrected chi connectivity index (χ0v) is 11.8. The van der Waals surface area contributed by atoms with Gasteiger partial charge in [-0.3, -0.25) is 14.9 Å². The molecule has 2 aromatic rings. The molecule has 0 spiro atoms. The van der Waals surface area contributed by atoms with E-state index < -0.39 is 10.8 Å². The van der Waals surface area contributed by atoms with Crippen LogP contribution >= 0.6 is 0 Å². The second kappa shape index (κ2) is 6.21. The third-order valence-corrected chi connectivity index (χ3v) is 3.22. The van der Waals surface area contributed by atoms with Gasteiger partial charge in [-0.05, 0) is 42.8 Å². The number of primary amides is 1. The molecule has 0 bridgehead atoms. The van der Waals surface area contributed by atoms with Crippen molar-refractivity contribution in [3.05, 3.63) is 69.0 Å². The number of nitro benzene ring substituents is 1. The highest BCUT2D eigenvalue weighted by atomic mass is 19.1. The van der Waals surface area contributed by atoms with Crippen LogP contribution in [0.15, 0.2) is 36.4 Å². The standard InChI is InChI=1S/C15H14FN3O3/c1-9-6-12(16)4-5-13(9)18-8-11-3-2-10(15(17)20)7-14(11)19(21)22/h2-7,18H,8H2,1H3,(H2,17,20). The summed E-state index contributed by atoms with van der Waals surface area (Å²) in [5.41, 5.74) is 6.77. The summed E-state index contributed by atoms with van der Waals surface area (Å²) in [6.45, 7) is 1.90. The number of carbonyl (C=O) groups is 1. The van der Waals surface area contributed by atoms with Crippen molar-refractivity contribution in [1.29, 1.82) is 0 Å². The third kappa shape index (κ3) is 3.38. The lowest BCUT2D eigenvalue weighted by Crippen LogP contribution is -2.12. The smallest absolute Gasteiger partial charge is 0.275 e. The molecule has 0 atom stereocenters. The third-order valence-electron chi connectivity index (χ3n) is 3.22. The molecule has 6 nitrogen and oxygen atoms in total. The second-order valence-electron chi connectivity index (χ2n) is 4.78. The van der Waals surface area contributed by atoms with Crippen LogP contribution in [0.3, 0.4) is 0 Å². The van der Waals surface area contributed by atoms with E-state index in [-0.39, 0.29) is 23.6 Å². The van der Waals surface area contributed by atoms with Gasteiger partial charge in [-0.25, -0.2) is 4.39 Å². The van der Waals surface area contributed by atoms with Crippen molar-refractivity contribution in [3.8, 4) is 0 Å². The van der Waals surface area contributed by atoms with Gasteiger partial charge in [-0.2, -0.15) is 0 Å². The lowest BCUT2D eigenvalue weighted by Gasteiger charge is -2.10. The number of rotatable bonds is 5. The Morgan fingerprint density at radius 2 is 2.05 bits per heavy atom. The van der Waals surface area contributed by atoms with Gasteiger partial charge in [0.2, 0.25) is 5.91 Å². The summed E-state index contributed by atoms with van der Waals surface area (Å²) in [5, 5.41) is 14.1. The normalized spacial score (nSPS) is 10.3. The topological polar surface area (TPSA) is 98.3 Å². The predicted octanol–water partition coefficient (Wildman–Crippen LogP) is 2.75. The Kier molecular flexibility index (Phi) is 4.36. The van der Waals surface area contributed by atoms with E-state index in [0.717, 1.165) is 6.07 Å². The number of nitro groups is 1. The fourth-order valence-corrected chi connectivity index (χ4v) is 2.05. The highest BCUT2D eigenvalue weighted by molar-refractivity contribution is 5.93. The fraction of sp³-hybridized carbons (Fsp3) is 0.133. The Bertz CT molecular complexity index is 747. The molecule has 0 aliphatic rings. The largest absolute Gasteiger partial charge is 0.380 e.